The monoisotopic (exact) mass is 981 g/mol. The molecule has 0 spiro atoms. The number of aryl methyl sites for hydroxylation is 1. The van der Waals surface area contributed by atoms with E-state index in [2.05, 4.69) is 117 Å². The summed E-state index contributed by atoms with van der Waals surface area (Å²) in [6.07, 6.45) is 13.1. The van der Waals surface area contributed by atoms with Gasteiger partial charge in [0.2, 0.25) is 15.9 Å². The minimum absolute atomic E-state index is 0.0337. The van der Waals surface area contributed by atoms with Crippen LogP contribution in [0.25, 0.3) is 0 Å². The minimum atomic E-state index is -4.16. The van der Waals surface area contributed by atoms with E-state index in [1.54, 1.807) is 12.0 Å². The zero-order chi connectivity index (χ0) is 47.9. The van der Waals surface area contributed by atoms with Gasteiger partial charge in [0, 0.05) is 45.3 Å². The van der Waals surface area contributed by atoms with Crippen LogP contribution in [0.3, 0.4) is 0 Å². The Morgan fingerprint density at radius 1 is 0.969 bits per heavy atom. The molecular weight excluding hydrogens is 899 g/mol. The number of allylic oxidation sites excluding steroid dienone is 2. The third kappa shape index (κ3) is 14.2. The fourth-order valence-corrected chi connectivity index (χ4v) is 15.7. The smallest absolute Gasteiger partial charge is 0.253 e. The van der Waals surface area contributed by atoms with E-state index in [1.165, 1.54) is 15.9 Å². The molecular formula is C48H83N3O8S3Si2. The van der Waals surface area contributed by atoms with Crippen LogP contribution in [0.2, 0.25) is 36.3 Å². The second-order valence-electron chi connectivity index (χ2n) is 21.5. The number of fused-ring (bicyclic) bond motifs is 1. The zero-order valence-corrected chi connectivity index (χ0v) is 45.9. The molecule has 64 heavy (non-hydrogen) atoms. The first-order valence-electron chi connectivity index (χ1n) is 23.6. The minimum Gasteiger partial charge on any atom is -0.414 e. The Hall–Kier alpha value is -1.74. The van der Waals surface area contributed by atoms with Crippen molar-refractivity contribution in [1.29, 1.82) is 0 Å². The van der Waals surface area contributed by atoms with E-state index in [-0.39, 0.29) is 56.1 Å². The van der Waals surface area contributed by atoms with E-state index in [9.17, 15) is 21.6 Å². The molecule has 1 aliphatic heterocycles. The third-order valence-corrected chi connectivity index (χ3v) is 28.6. The van der Waals surface area contributed by atoms with Crippen molar-refractivity contribution in [2.45, 2.75) is 183 Å². The number of sulfonamides is 2. The molecule has 0 unspecified atom stereocenters. The van der Waals surface area contributed by atoms with Crippen molar-refractivity contribution < 1.29 is 35.2 Å². The summed E-state index contributed by atoms with van der Waals surface area (Å²) in [5.41, 5.74) is 1.71. The van der Waals surface area contributed by atoms with E-state index in [0.29, 0.717) is 60.6 Å². The molecule has 1 amide bonds. The van der Waals surface area contributed by atoms with Crippen molar-refractivity contribution in [3.05, 3.63) is 59.7 Å². The molecule has 1 fully saturated rings. The number of nitrogens with two attached hydrogens (primary N) is 1. The number of primary sulfonamides is 1. The molecule has 364 valence electrons. The number of thiophene rings is 1. The van der Waals surface area contributed by atoms with Gasteiger partial charge in [0.1, 0.15) is 8.42 Å². The molecule has 1 saturated carbocycles. The van der Waals surface area contributed by atoms with Crippen molar-refractivity contribution in [2.24, 2.45) is 22.9 Å². The molecule has 2 N–H and O–H groups in total. The van der Waals surface area contributed by atoms with Gasteiger partial charge in [-0.2, -0.15) is 4.31 Å². The van der Waals surface area contributed by atoms with Gasteiger partial charge in [-0.1, -0.05) is 97.4 Å². The van der Waals surface area contributed by atoms with Crippen molar-refractivity contribution in [3.8, 4) is 0 Å². The van der Waals surface area contributed by atoms with E-state index in [4.69, 9.17) is 18.7 Å². The Balaban J connectivity index is 1.52. The molecule has 1 aromatic heterocycles. The largest absolute Gasteiger partial charge is 0.414 e. The highest BCUT2D eigenvalue weighted by Gasteiger charge is 2.51. The lowest BCUT2D eigenvalue weighted by Gasteiger charge is -2.40. The molecule has 0 radical (unpaired) electrons. The summed E-state index contributed by atoms with van der Waals surface area (Å²) < 4.78 is 73.1. The Kier molecular flexibility index (Phi) is 19.4. The highest BCUT2D eigenvalue weighted by molar-refractivity contribution is 7.94. The molecule has 2 heterocycles. The fourth-order valence-electron chi connectivity index (χ4n) is 8.68. The summed E-state index contributed by atoms with van der Waals surface area (Å²) in [5, 5.41) is 5.65. The van der Waals surface area contributed by atoms with Crippen molar-refractivity contribution >= 4 is 53.9 Å². The molecule has 16 heteroatoms. The van der Waals surface area contributed by atoms with Crippen LogP contribution in [0, 0.1) is 17.8 Å². The molecule has 6 atom stereocenters. The number of benzene rings is 1. The number of hydrogen-bond acceptors (Lipinski definition) is 9. The maximum Gasteiger partial charge on any atom is 0.253 e. The molecule has 1 aromatic carbocycles. The first-order valence-corrected chi connectivity index (χ1v) is 33.3. The van der Waals surface area contributed by atoms with Crippen molar-refractivity contribution in [1.82, 2.24) is 9.21 Å². The Morgan fingerprint density at radius 2 is 1.58 bits per heavy atom. The van der Waals surface area contributed by atoms with Crippen LogP contribution in [0.15, 0.2) is 57.0 Å². The van der Waals surface area contributed by atoms with Gasteiger partial charge in [-0.3, -0.25) is 4.79 Å². The number of methoxy groups -OCH3 is 1. The summed E-state index contributed by atoms with van der Waals surface area (Å²) in [7, 11) is -10.8. The van der Waals surface area contributed by atoms with Gasteiger partial charge in [-0.25, -0.2) is 22.0 Å². The van der Waals surface area contributed by atoms with Gasteiger partial charge >= 0.3 is 0 Å². The summed E-state index contributed by atoms with van der Waals surface area (Å²) >= 11 is 0.652. The molecule has 4 rings (SSSR count). The van der Waals surface area contributed by atoms with Crippen LogP contribution >= 0.6 is 11.3 Å². The van der Waals surface area contributed by atoms with Crippen LogP contribution in [-0.4, -0.2) is 94.1 Å². The summed E-state index contributed by atoms with van der Waals surface area (Å²) in [6, 6.07) is 11.5. The number of amides is 1. The Labute approximate surface area is 394 Å². The SMILES string of the molecule is CCN(C(=O)CCC/C=C\C[C@@H]1[C@@H](CC[C@H](C)CCc2ccccc2)[C@H](O[Si](C)(C)C(C)(C)C)C[C@@H]1O[Si](C)(C)C(C)(C)C)[C@@H]1CN(CCCOC)S(=O)(=O)c2sc(S(N)(=O)=O)cc21. The topological polar surface area (TPSA) is 146 Å². The standard InChI is InChI=1S/C48H83N3O8S3Si2/c1-14-51(41-35-50(31-22-32-57-9)62(55,56)46-40(41)33-45(60-46)61(49,53)54)44(52)26-21-16-15-20-25-38-39(30-28-36(2)27-29-37-23-18-17-19-24-37)43(59-64(12,13)48(6,7)8)34-42(38)58-63(10,11)47(3,4)5/h15,17-20,23-24,33,36,38-39,41-43H,14,16,21-22,25-32,34-35H2,1-13H3,(H2,49,53,54)/b20-15-/t36-,38-,39-,41-,42+,43-/m1/s1. The lowest BCUT2D eigenvalue weighted by molar-refractivity contribution is -0.134. The number of nitrogens with zero attached hydrogens (tertiary/aromatic N) is 2. The molecule has 11 nitrogen and oxygen atoms in total. The fraction of sp³-hybridized carbons (Fsp3) is 0.729. The van der Waals surface area contributed by atoms with Crippen molar-refractivity contribution in [3.63, 3.8) is 0 Å². The van der Waals surface area contributed by atoms with Gasteiger partial charge in [-0.15, -0.1) is 11.3 Å². The van der Waals surface area contributed by atoms with Crippen LogP contribution in [0.4, 0.5) is 0 Å². The van der Waals surface area contributed by atoms with Crippen LogP contribution in [0.5, 0.6) is 0 Å². The molecule has 2 aliphatic rings. The summed E-state index contributed by atoms with van der Waals surface area (Å²) in [5.74, 6) is 1.18. The zero-order valence-electron chi connectivity index (χ0n) is 41.4. The molecule has 1 aliphatic carbocycles. The summed E-state index contributed by atoms with van der Waals surface area (Å²) in [4.78, 5) is 15.7. The van der Waals surface area contributed by atoms with Gasteiger partial charge in [-0.05, 0) is 124 Å². The number of ether oxygens (including phenoxy) is 1. The van der Waals surface area contributed by atoms with E-state index in [1.807, 2.05) is 6.92 Å². The normalized spacial score (nSPS) is 22.8. The second-order valence-corrected chi connectivity index (χ2v) is 35.9. The quantitative estimate of drug-likeness (QED) is 0.0658. The highest BCUT2D eigenvalue weighted by Crippen LogP contribution is 2.49. The summed E-state index contributed by atoms with van der Waals surface area (Å²) in [6.45, 7) is 28.6. The predicted molar refractivity (Wildman–Crippen MR) is 268 cm³/mol. The number of likely N-dealkylation sites (N-methyl/N-ethyl adjacent to an activating group) is 1. The van der Waals surface area contributed by atoms with Gasteiger partial charge in [0.15, 0.2) is 16.6 Å². The number of carbonyl (C=O) groups excluding carboxylic acids is 1. The van der Waals surface area contributed by atoms with E-state index >= 15 is 0 Å². The predicted octanol–water partition coefficient (Wildman–Crippen LogP) is 10.9. The number of hydrogen-bond donors (Lipinski definition) is 1. The van der Waals surface area contributed by atoms with Gasteiger partial charge in [0.25, 0.3) is 10.0 Å². The number of rotatable bonds is 23. The lowest BCUT2D eigenvalue weighted by atomic mass is 9.84. The van der Waals surface area contributed by atoms with E-state index < -0.39 is 42.7 Å². The van der Waals surface area contributed by atoms with Gasteiger partial charge < -0.3 is 18.5 Å². The Bertz CT molecular complexity index is 2060. The van der Waals surface area contributed by atoms with Crippen LogP contribution < -0.4 is 5.14 Å². The first kappa shape index (κ1) is 54.9. The molecule has 2 aromatic rings. The number of unbranched alkanes of at least 4 members (excludes halogenated alkanes) is 1. The maximum absolute atomic E-state index is 14.0. The van der Waals surface area contributed by atoms with Crippen LogP contribution in [-0.2, 0) is 44.9 Å². The highest BCUT2D eigenvalue weighted by atomic mass is 32.3. The maximum atomic E-state index is 14.0. The van der Waals surface area contributed by atoms with E-state index in [0.717, 1.165) is 44.9 Å². The van der Waals surface area contributed by atoms with Crippen LogP contribution in [0.1, 0.15) is 130 Å². The second kappa shape index (κ2) is 22.6. The van der Waals surface area contributed by atoms with Gasteiger partial charge in [0.05, 0.1) is 18.2 Å². The average Bonchev–Trinajstić information content (AvgIpc) is 3.78. The third-order valence-electron chi connectivity index (χ3n) is 14.7. The lowest BCUT2D eigenvalue weighted by Crippen LogP contribution is -2.47. The molecule has 0 bridgehead atoms. The van der Waals surface area contributed by atoms with Crippen molar-refractivity contribution in [2.75, 3.05) is 33.4 Å². The average molecular weight is 983 g/mol. The number of carbonyl (C=O) groups is 1. The molecule has 0 saturated heterocycles. The first-order chi connectivity index (χ1) is 29.6. The Morgan fingerprint density at radius 3 is 2.14 bits per heavy atom.